The van der Waals surface area contributed by atoms with Crippen molar-refractivity contribution in [3.05, 3.63) is 16.3 Å². The lowest BCUT2D eigenvalue weighted by Crippen LogP contribution is -2.46. The quantitative estimate of drug-likeness (QED) is 0.583. The molecule has 0 spiro atoms. The molecule has 2 heterocycles. The highest BCUT2D eigenvalue weighted by atomic mass is 16.6. The number of nitrogen functional groups attached to an aromatic ring is 1. The van der Waals surface area contributed by atoms with Crippen molar-refractivity contribution in [1.82, 2.24) is 19.8 Å². The Morgan fingerprint density at radius 1 is 1.39 bits per heavy atom. The number of nitrogens with two attached hydrogens (primary N) is 1. The summed E-state index contributed by atoms with van der Waals surface area (Å²) in [6.45, 7) is 9.44. The van der Waals surface area contributed by atoms with Gasteiger partial charge in [-0.05, 0) is 27.3 Å². The lowest BCUT2D eigenvalue weighted by molar-refractivity contribution is -0.384. The van der Waals surface area contributed by atoms with E-state index in [4.69, 9.17) is 5.73 Å². The number of nitro groups is 1. The zero-order valence-corrected chi connectivity index (χ0v) is 13.9. The molecule has 0 unspecified atom stereocenters. The van der Waals surface area contributed by atoms with E-state index in [9.17, 15) is 10.1 Å². The highest BCUT2D eigenvalue weighted by Gasteiger charge is 2.23. The second kappa shape index (κ2) is 7.05. The van der Waals surface area contributed by atoms with Crippen LogP contribution in [0, 0.1) is 10.1 Å². The van der Waals surface area contributed by atoms with Gasteiger partial charge in [-0.3, -0.25) is 10.1 Å². The second-order valence-corrected chi connectivity index (χ2v) is 6.62. The number of nitrogens with zero attached hydrogens (tertiary/aromatic N) is 5. The molecule has 1 fully saturated rings. The third-order valence-corrected chi connectivity index (χ3v) is 4.09. The first kappa shape index (κ1) is 17.4. The van der Waals surface area contributed by atoms with Gasteiger partial charge in [0.15, 0.2) is 0 Å². The maximum Gasteiger partial charge on any atom is 0.329 e. The molecule has 3 N–H and O–H groups in total. The standard InChI is InChI=1S/C14H25N7O2/c1-14(2,4-5-20-8-6-19(3)7-9-20)18-13-16-10-11(21(22)23)12(15)17-13/h10H,4-9H2,1-3H3,(H3,15,16,17,18). The number of anilines is 2. The molecule has 1 aromatic heterocycles. The summed E-state index contributed by atoms with van der Waals surface area (Å²) in [5.41, 5.74) is 5.10. The van der Waals surface area contributed by atoms with Crippen molar-refractivity contribution >= 4 is 17.5 Å². The Balaban J connectivity index is 1.90. The van der Waals surface area contributed by atoms with E-state index in [1.54, 1.807) is 0 Å². The average molecular weight is 323 g/mol. The summed E-state index contributed by atoms with van der Waals surface area (Å²) in [5, 5.41) is 13.9. The summed E-state index contributed by atoms with van der Waals surface area (Å²) in [5.74, 6) is 0.193. The summed E-state index contributed by atoms with van der Waals surface area (Å²) in [4.78, 5) is 22.9. The van der Waals surface area contributed by atoms with Gasteiger partial charge in [0, 0.05) is 38.3 Å². The van der Waals surface area contributed by atoms with Crippen LogP contribution >= 0.6 is 0 Å². The van der Waals surface area contributed by atoms with Crippen LogP contribution in [0.3, 0.4) is 0 Å². The number of hydrogen-bond acceptors (Lipinski definition) is 8. The molecule has 1 aromatic rings. The third kappa shape index (κ3) is 5.00. The monoisotopic (exact) mass is 323 g/mol. The third-order valence-electron chi connectivity index (χ3n) is 4.09. The van der Waals surface area contributed by atoms with Gasteiger partial charge in [0.2, 0.25) is 11.8 Å². The maximum absolute atomic E-state index is 10.7. The number of hydrogen-bond donors (Lipinski definition) is 2. The van der Waals surface area contributed by atoms with E-state index in [1.165, 1.54) is 0 Å². The Kier molecular flexibility index (Phi) is 5.32. The Bertz CT molecular complexity index is 556. The average Bonchev–Trinajstić information content (AvgIpc) is 2.46. The Morgan fingerprint density at radius 2 is 2.04 bits per heavy atom. The van der Waals surface area contributed by atoms with Crippen LogP contribution in [0.5, 0.6) is 0 Å². The van der Waals surface area contributed by atoms with Gasteiger partial charge in [-0.2, -0.15) is 4.98 Å². The maximum atomic E-state index is 10.7. The second-order valence-electron chi connectivity index (χ2n) is 6.62. The van der Waals surface area contributed by atoms with Crippen molar-refractivity contribution in [1.29, 1.82) is 0 Å². The number of nitrogens with one attached hydrogen (secondary N) is 1. The molecule has 1 aliphatic rings. The van der Waals surface area contributed by atoms with Crippen LogP contribution < -0.4 is 11.1 Å². The largest absolute Gasteiger partial charge is 0.378 e. The van der Waals surface area contributed by atoms with Gasteiger partial charge in [-0.25, -0.2) is 4.98 Å². The molecule has 1 saturated heterocycles. The van der Waals surface area contributed by atoms with Gasteiger partial charge in [-0.15, -0.1) is 0 Å². The molecule has 0 amide bonds. The first-order chi connectivity index (χ1) is 10.8. The molecular formula is C14H25N7O2. The highest BCUT2D eigenvalue weighted by Crippen LogP contribution is 2.21. The van der Waals surface area contributed by atoms with E-state index >= 15 is 0 Å². The molecule has 0 atom stereocenters. The number of rotatable bonds is 6. The molecule has 128 valence electrons. The molecule has 23 heavy (non-hydrogen) atoms. The lowest BCUT2D eigenvalue weighted by Gasteiger charge is -2.35. The Labute approximate surface area is 136 Å². The zero-order valence-electron chi connectivity index (χ0n) is 13.9. The molecule has 0 aliphatic carbocycles. The number of piperazine rings is 1. The minimum Gasteiger partial charge on any atom is -0.378 e. The van der Waals surface area contributed by atoms with E-state index in [2.05, 4.69) is 46.0 Å². The van der Waals surface area contributed by atoms with Gasteiger partial charge in [-0.1, -0.05) is 0 Å². The SMILES string of the molecule is CN1CCN(CCC(C)(C)Nc2ncc([N+](=O)[O-])c(N)n2)CC1. The molecule has 0 radical (unpaired) electrons. The van der Waals surface area contributed by atoms with Crippen LogP contribution in [0.2, 0.25) is 0 Å². The molecule has 9 heteroatoms. The fourth-order valence-corrected chi connectivity index (χ4v) is 2.46. The van der Waals surface area contributed by atoms with Gasteiger partial charge >= 0.3 is 5.69 Å². The summed E-state index contributed by atoms with van der Waals surface area (Å²) < 4.78 is 0. The number of aromatic nitrogens is 2. The minimum atomic E-state index is -0.586. The summed E-state index contributed by atoms with van der Waals surface area (Å²) >= 11 is 0. The van der Waals surface area contributed by atoms with Crippen LogP contribution in [0.25, 0.3) is 0 Å². The Morgan fingerprint density at radius 3 is 2.61 bits per heavy atom. The van der Waals surface area contributed by atoms with Crippen LogP contribution in [0.4, 0.5) is 17.5 Å². The van der Waals surface area contributed by atoms with Gasteiger partial charge in [0.1, 0.15) is 6.20 Å². The van der Waals surface area contributed by atoms with E-state index in [0.717, 1.165) is 45.3 Å². The van der Waals surface area contributed by atoms with Crippen molar-refractivity contribution in [2.75, 3.05) is 50.8 Å². The van der Waals surface area contributed by atoms with Crippen molar-refractivity contribution in [2.24, 2.45) is 0 Å². The molecule has 0 saturated carbocycles. The van der Waals surface area contributed by atoms with Crippen LogP contribution in [-0.4, -0.2) is 70.0 Å². The van der Waals surface area contributed by atoms with E-state index in [1.807, 2.05) is 0 Å². The van der Waals surface area contributed by atoms with E-state index in [-0.39, 0.29) is 17.0 Å². The highest BCUT2D eigenvalue weighted by molar-refractivity contribution is 5.53. The molecule has 1 aliphatic heterocycles. The summed E-state index contributed by atoms with van der Waals surface area (Å²) in [6.07, 6.45) is 2.05. The van der Waals surface area contributed by atoms with Gasteiger partial charge in [0.25, 0.3) is 0 Å². The van der Waals surface area contributed by atoms with Crippen molar-refractivity contribution in [3.63, 3.8) is 0 Å². The first-order valence-corrected chi connectivity index (χ1v) is 7.73. The fourth-order valence-electron chi connectivity index (χ4n) is 2.46. The predicted octanol–water partition coefficient (Wildman–Crippen LogP) is 0.795. The summed E-state index contributed by atoms with van der Waals surface area (Å²) in [7, 11) is 2.14. The van der Waals surface area contributed by atoms with Crippen LogP contribution in [0.1, 0.15) is 20.3 Å². The molecule has 0 bridgehead atoms. The normalized spacial score (nSPS) is 17.2. The Hall–Kier alpha value is -2.00. The van der Waals surface area contributed by atoms with Gasteiger partial charge < -0.3 is 20.9 Å². The van der Waals surface area contributed by atoms with E-state index in [0.29, 0.717) is 5.95 Å². The fraction of sp³-hybridized carbons (Fsp3) is 0.714. The van der Waals surface area contributed by atoms with Crippen molar-refractivity contribution in [3.8, 4) is 0 Å². The van der Waals surface area contributed by atoms with Crippen molar-refractivity contribution < 1.29 is 4.92 Å². The molecule has 0 aromatic carbocycles. The lowest BCUT2D eigenvalue weighted by atomic mass is 10.0. The molecule has 9 nitrogen and oxygen atoms in total. The van der Waals surface area contributed by atoms with Crippen molar-refractivity contribution in [2.45, 2.75) is 25.8 Å². The summed E-state index contributed by atoms with van der Waals surface area (Å²) in [6, 6.07) is 0. The first-order valence-electron chi connectivity index (χ1n) is 7.73. The topological polar surface area (TPSA) is 113 Å². The van der Waals surface area contributed by atoms with Crippen LogP contribution in [0.15, 0.2) is 6.20 Å². The minimum absolute atomic E-state index is 0.123. The predicted molar refractivity (Wildman–Crippen MR) is 89.4 cm³/mol. The molecule has 2 rings (SSSR count). The van der Waals surface area contributed by atoms with E-state index < -0.39 is 4.92 Å². The van der Waals surface area contributed by atoms with Gasteiger partial charge in [0.05, 0.1) is 4.92 Å². The van der Waals surface area contributed by atoms with Crippen LogP contribution in [-0.2, 0) is 0 Å². The molecular weight excluding hydrogens is 298 g/mol. The zero-order chi connectivity index (χ0) is 17.0. The smallest absolute Gasteiger partial charge is 0.329 e. The number of likely N-dealkylation sites (N-methyl/N-ethyl adjacent to an activating group) is 1.